The molecule has 1 rings (SSSR count). The van der Waals surface area contributed by atoms with Gasteiger partial charge >= 0.3 is 0 Å². The second-order valence-corrected chi connectivity index (χ2v) is 5.49. The van der Waals surface area contributed by atoms with Crippen LogP contribution >= 0.6 is 15.9 Å². The smallest absolute Gasteiger partial charge is 0.242 e. The lowest BCUT2D eigenvalue weighted by atomic mass is 10.2. The fourth-order valence-electron chi connectivity index (χ4n) is 1.73. The molecule has 2 N–H and O–H groups in total. The van der Waals surface area contributed by atoms with Crippen molar-refractivity contribution in [1.82, 2.24) is 5.32 Å². The Kier molecular flexibility index (Phi) is 6.19. The summed E-state index contributed by atoms with van der Waals surface area (Å²) in [5.41, 5.74) is 0.948. The summed E-state index contributed by atoms with van der Waals surface area (Å²) in [7, 11) is 0. The Labute approximate surface area is 117 Å². The Morgan fingerprint density at radius 2 is 1.89 bits per heavy atom. The molecule has 0 heterocycles. The lowest BCUT2D eigenvalue weighted by Crippen LogP contribution is -2.42. The van der Waals surface area contributed by atoms with E-state index in [0.29, 0.717) is 0 Å². The van der Waals surface area contributed by atoms with Gasteiger partial charge in [0.25, 0.3) is 0 Å². The van der Waals surface area contributed by atoms with Gasteiger partial charge in [-0.25, -0.2) is 0 Å². The van der Waals surface area contributed by atoms with Crippen LogP contribution in [0, 0.1) is 0 Å². The van der Waals surface area contributed by atoms with Crippen molar-refractivity contribution in [2.24, 2.45) is 0 Å². The largest absolute Gasteiger partial charge is 0.374 e. The van der Waals surface area contributed by atoms with Crippen LogP contribution in [0.1, 0.15) is 33.6 Å². The van der Waals surface area contributed by atoms with E-state index in [1.807, 2.05) is 38.1 Å². The highest BCUT2D eigenvalue weighted by atomic mass is 79.9. The number of hydrogen-bond acceptors (Lipinski definition) is 2. The van der Waals surface area contributed by atoms with Crippen molar-refractivity contribution in [3.05, 3.63) is 28.7 Å². The maximum absolute atomic E-state index is 11.9. The van der Waals surface area contributed by atoms with Crippen LogP contribution < -0.4 is 10.6 Å². The number of carbonyl (C=O) groups excluding carboxylic acids is 1. The molecule has 1 aromatic rings. The normalized spacial score (nSPS) is 13.8. The molecule has 1 amide bonds. The van der Waals surface area contributed by atoms with Gasteiger partial charge in [-0.2, -0.15) is 0 Å². The molecule has 0 aliphatic carbocycles. The van der Waals surface area contributed by atoms with Gasteiger partial charge < -0.3 is 10.6 Å². The van der Waals surface area contributed by atoms with E-state index >= 15 is 0 Å². The first-order valence-electron chi connectivity index (χ1n) is 6.35. The van der Waals surface area contributed by atoms with E-state index in [4.69, 9.17) is 0 Å². The number of halogens is 1. The van der Waals surface area contributed by atoms with Gasteiger partial charge in [0.1, 0.15) is 6.04 Å². The maximum Gasteiger partial charge on any atom is 0.242 e. The number of hydrogen-bond donors (Lipinski definition) is 2. The van der Waals surface area contributed by atoms with Crippen LogP contribution in [-0.2, 0) is 4.79 Å². The third-order valence-electron chi connectivity index (χ3n) is 2.73. The molecule has 0 fully saturated rings. The highest BCUT2D eigenvalue weighted by Gasteiger charge is 2.14. The van der Waals surface area contributed by atoms with E-state index in [-0.39, 0.29) is 18.0 Å². The molecule has 0 aromatic heterocycles. The highest BCUT2D eigenvalue weighted by Crippen LogP contribution is 2.14. The van der Waals surface area contributed by atoms with Crippen molar-refractivity contribution in [3.8, 4) is 0 Å². The Bertz CT molecular complexity index is 378. The van der Waals surface area contributed by atoms with Gasteiger partial charge in [0.15, 0.2) is 0 Å². The third-order valence-corrected chi connectivity index (χ3v) is 3.26. The quantitative estimate of drug-likeness (QED) is 0.843. The molecule has 0 spiro atoms. The van der Waals surface area contributed by atoms with E-state index in [0.717, 1.165) is 23.0 Å². The van der Waals surface area contributed by atoms with E-state index < -0.39 is 0 Å². The SMILES string of the molecule is CCCC(C)NC(=O)C(C)Nc1ccc(Br)cc1. The van der Waals surface area contributed by atoms with Crippen LogP contribution in [0.3, 0.4) is 0 Å². The fourth-order valence-corrected chi connectivity index (χ4v) is 2.00. The molecular weight excluding hydrogens is 292 g/mol. The number of anilines is 1. The maximum atomic E-state index is 11.9. The molecule has 0 bridgehead atoms. The molecule has 0 saturated heterocycles. The summed E-state index contributed by atoms with van der Waals surface area (Å²) in [6.07, 6.45) is 2.09. The van der Waals surface area contributed by atoms with Crippen LogP contribution in [0.4, 0.5) is 5.69 Å². The summed E-state index contributed by atoms with van der Waals surface area (Å²) in [6, 6.07) is 7.80. The van der Waals surface area contributed by atoms with Gasteiger partial charge in [-0.15, -0.1) is 0 Å². The van der Waals surface area contributed by atoms with Gasteiger partial charge in [0.05, 0.1) is 0 Å². The first-order chi connectivity index (χ1) is 8.52. The van der Waals surface area contributed by atoms with Crippen molar-refractivity contribution in [2.75, 3.05) is 5.32 Å². The number of benzene rings is 1. The summed E-state index contributed by atoms with van der Waals surface area (Å²) in [5.74, 6) is 0.0406. The zero-order valence-electron chi connectivity index (χ0n) is 11.2. The zero-order chi connectivity index (χ0) is 13.5. The van der Waals surface area contributed by atoms with Crippen molar-refractivity contribution in [1.29, 1.82) is 0 Å². The van der Waals surface area contributed by atoms with Crippen LogP contribution in [0.2, 0.25) is 0 Å². The minimum Gasteiger partial charge on any atom is -0.374 e. The van der Waals surface area contributed by atoms with Crippen LogP contribution in [0.25, 0.3) is 0 Å². The summed E-state index contributed by atoms with van der Waals surface area (Å²) < 4.78 is 1.03. The molecule has 0 aliphatic rings. The van der Waals surface area contributed by atoms with Crippen molar-refractivity contribution in [3.63, 3.8) is 0 Å². The summed E-state index contributed by atoms with van der Waals surface area (Å²) >= 11 is 3.38. The van der Waals surface area contributed by atoms with Crippen LogP contribution in [-0.4, -0.2) is 18.0 Å². The number of rotatable bonds is 6. The molecule has 3 nitrogen and oxygen atoms in total. The molecular formula is C14H21BrN2O. The zero-order valence-corrected chi connectivity index (χ0v) is 12.8. The van der Waals surface area contributed by atoms with E-state index in [1.54, 1.807) is 0 Å². The number of nitrogens with one attached hydrogen (secondary N) is 2. The van der Waals surface area contributed by atoms with Crippen molar-refractivity contribution in [2.45, 2.75) is 45.7 Å². The first-order valence-corrected chi connectivity index (χ1v) is 7.14. The molecule has 18 heavy (non-hydrogen) atoms. The predicted octanol–water partition coefficient (Wildman–Crippen LogP) is 3.55. The molecule has 2 unspecified atom stereocenters. The van der Waals surface area contributed by atoms with E-state index in [1.165, 1.54) is 0 Å². The average Bonchev–Trinajstić information content (AvgIpc) is 2.32. The predicted molar refractivity (Wildman–Crippen MR) is 79.7 cm³/mol. The average molecular weight is 313 g/mol. The minimum atomic E-state index is -0.231. The van der Waals surface area contributed by atoms with Gasteiger partial charge in [-0.05, 0) is 44.5 Å². The van der Waals surface area contributed by atoms with Crippen molar-refractivity contribution >= 4 is 27.5 Å². The van der Waals surface area contributed by atoms with Gasteiger partial charge in [0.2, 0.25) is 5.91 Å². The Morgan fingerprint density at radius 1 is 1.28 bits per heavy atom. The van der Waals surface area contributed by atoms with E-state index in [2.05, 4.69) is 33.5 Å². The van der Waals surface area contributed by atoms with Gasteiger partial charge in [-0.1, -0.05) is 29.3 Å². The van der Waals surface area contributed by atoms with Crippen molar-refractivity contribution < 1.29 is 4.79 Å². The molecule has 0 radical (unpaired) electrons. The first kappa shape index (κ1) is 15.0. The van der Waals surface area contributed by atoms with Gasteiger partial charge in [0, 0.05) is 16.2 Å². The summed E-state index contributed by atoms with van der Waals surface area (Å²) in [4.78, 5) is 11.9. The Balaban J connectivity index is 2.46. The molecule has 0 aliphatic heterocycles. The monoisotopic (exact) mass is 312 g/mol. The lowest BCUT2D eigenvalue weighted by molar-refractivity contribution is -0.122. The molecule has 0 saturated carbocycles. The number of amides is 1. The lowest BCUT2D eigenvalue weighted by Gasteiger charge is -2.18. The van der Waals surface area contributed by atoms with Gasteiger partial charge in [-0.3, -0.25) is 4.79 Å². The third kappa shape index (κ3) is 5.08. The summed E-state index contributed by atoms with van der Waals surface area (Å²) in [5, 5.41) is 6.18. The molecule has 2 atom stereocenters. The Morgan fingerprint density at radius 3 is 2.44 bits per heavy atom. The highest BCUT2D eigenvalue weighted by molar-refractivity contribution is 9.10. The van der Waals surface area contributed by atoms with Crippen LogP contribution in [0.15, 0.2) is 28.7 Å². The molecule has 4 heteroatoms. The molecule has 1 aromatic carbocycles. The standard InChI is InChI=1S/C14H21BrN2O/c1-4-5-10(2)16-14(18)11(3)17-13-8-6-12(15)7-9-13/h6-11,17H,4-5H2,1-3H3,(H,16,18). The topological polar surface area (TPSA) is 41.1 Å². The number of carbonyl (C=O) groups is 1. The fraction of sp³-hybridized carbons (Fsp3) is 0.500. The van der Waals surface area contributed by atoms with Crippen LogP contribution in [0.5, 0.6) is 0 Å². The Hall–Kier alpha value is -1.03. The second kappa shape index (κ2) is 7.41. The molecule has 100 valence electrons. The minimum absolute atomic E-state index is 0.0406. The second-order valence-electron chi connectivity index (χ2n) is 4.57. The van der Waals surface area contributed by atoms with E-state index in [9.17, 15) is 4.79 Å². The summed E-state index contributed by atoms with van der Waals surface area (Å²) in [6.45, 7) is 6.02.